The normalized spacial score (nSPS) is 20.0. The molecule has 86 valence electrons. The van der Waals surface area contributed by atoms with E-state index in [1.54, 1.807) is 0 Å². The number of piperazine rings is 1. The molecule has 1 fully saturated rings. The molecule has 1 aliphatic rings. The number of hydrogen-bond acceptors (Lipinski definition) is 2. The summed E-state index contributed by atoms with van der Waals surface area (Å²) < 4.78 is 0. The van der Waals surface area contributed by atoms with E-state index in [1.165, 1.54) is 0 Å². The van der Waals surface area contributed by atoms with E-state index >= 15 is 0 Å². The molecule has 1 unspecified atom stereocenters. The van der Waals surface area contributed by atoms with Gasteiger partial charge in [-0.05, 0) is 6.42 Å². The summed E-state index contributed by atoms with van der Waals surface area (Å²) >= 11 is 5.93. The van der Waals surface area contributed by atoms with Gasteiger partial charge in [-0.25, -0.2) is 0 Å². The number of rotatable bonds is 4. The van der Waals surface area contributed by atoms with Gasteiger partial charge in [-0.15, -0.1) is 18.2 Å². The van der Waals surface area contributed by atoms with Gasteiger partial charge in [-0.3, -0.25) is 9.69 Å². The van der Waals surface area contributed by atoms with Crippen LogP contribution in [0.1, 0.15) is 13.3 Å². The molecule has 3 nitrogen and oxygen atoms in total. The minimum atomic E-state index is -0.351. The number of amides is 1. The lowest BCUT2D eigenvalue weighted by molar-refractivity contribution is -0.132. The Hall–Kier alpha value is -0.540. The van der Waals surface area contributed by atoms with E-state index in [1.807, 2.05) is 17.9 Å². The summed E-state index contributed by atoms with van der Waals surface area (Å²) in [5, 5.41) is -0.351. The van der Waals surface area contributed by atoms with Gasteiger partial charge in [0.25, 0.3) is 0 Å². The predicted molar refractivity (Wildman–Crippen MR) is 63.1 cm³/mol. The molecule has 0 radical (unpaired) electrons. The molecule has 1 rings (SSSR count). The third-order valence-corrected chi connectivity index (χ3v) is 3.19. The van der Waals surface area contributed by atoms with Gasteiger partial charge in [0.15, 0.2) is 0 Å². The van der Waals surface area contributed by atoms with Gasteiger partial charge in [0.1, 0.15) is 5.38 Å². The van der Waals surface area contributed by atoms with E-state index in [-0.39, 0.29) is 11.3 Å². The van der Waals surface area contributed by atoms with Gasteiger partial charge in [0.05, 0.1) is 0 Å². The van der Waals surface area contributed by atoms with Gasteiger partial charge in [0.2, 0.25) is 5.91 Å². The molecule has 1 heterocycles. The summed E-state index contributed by atoms with van der Waals surface area (Å²) in [5.41, 5.74) is 0. The van der Waals surface area contributed by atoms with Crippen LogP contribution in [-0.2, 0) is 4.79 Å². The van der Waals surface area contributed by atoms with Gasteiger partial charge in [0, 0.05) is 32.7 Å². The van der Waals surface area contributed by atoms with E-state index < -0.39 is 0 Å². The molecule has 0 aromatic carbocycles. The van der Waals surface area contributed by atoms with Crippen molar-refractivity contribution in [3.63, 3.8) is 0 Å². The van der Waals surface area contributed by atoms with Gasteiger partial charge >= 0.3 is 0 Å². The van der Waals surface area contributed by atoms with Crippen molar-refractivity contribution >= 4 is 17.5 Å². The van der Waals surface area contributed by atoms with Crippen LogP contribution >= 0.6 is 11.6 Å². The maximum atomic E-state index is 11.7. The average Bonchev–Trinajstić information content (AvgIpc) is 2.28. The Labute approximate surface area is 96.7 Å². The first-order valence-electron chi connectivity index (χ1n) is 5.45. The van der Waals surface area contributed by atoms with Crippen molar-refractivity contribution in [2.45, 2.75) is 18.7 Å². The Kier molecular flexibility index (Phi) is 5.12. The number of carbonyl (C=O) groups is 1. The molecule has 1 amide bonds. The van der Waals surface area contributed by atoms with E-state index in [9.17, 15) is 4.79 Å². The predicted octanol–water partition coefficient (Wildman–Crippen LogP) is 1.33. The van der Waals surface area contributed by atoms with Gasteiger partial charge in [-0.2, -0.15) is 0 Å². The van der Waals surface area contributed by atoms with Crippen molar-refractivity contribution in [1.29, 1.82) is 0 Å². The second-order valence-corrected chi connectivity index (χ2v) is 4.32. The average molecular weight is 231 g/mol. The van der Waals surface area contributed by atoms with Crippen molar-refractivity contribution in [1.82, 2.24) is 9.80 Å². The van der Waals surface area contributed by atoms with Crippen LogP contribution in [0, 0.1) is 0 Å². The zero-order valence-electron chi connectivity index (χ0n) is 9.29. The first-order chi connectivity index (χ1) is 7.19. The molecule has 4 heteroatoms. The molecule has 15 heavy (non-hydrogen) atoms. The summed E-state index contributed by atoms with van der Waals surface area (Å²) in [6, 6.07) is 0. The molecule has 0 bridgehead atoms. The van der Waals surface area contributed by atoms with E-state index in [0.717, 1.165) is 32.7 Å². The maximum Gasteiger partial charge on any atom is 0.240 e. The highest BCUT2D eigenvalue weighted by Crippen LogP contribution is 2.09. The summed E-state index contributed by atoms with van der Waals surface area (Å²) in [6.07, 6.45) is 2.60. The summed E-state index contributed by atoms with van der Waals surface area (Å²) in [6.45, 7) is 9.96. The van der Waals surface area contributed by atoms with Crippen molar-refractivity contribution in [2.75, 3.05) is 32.7 Å². The number of nitrogens with zero attached hydrogens (tertiary/aromatic N) is 2. The van der Waals surface area contributed by atoms with E-state index in [0.29, 0.717) is 6.42 Å². The van der Waals surface area contributed by atoms with E-state index in [4.69, 9.17) is 11.6 Å². The summed E-state index contributed by atoms with van der Waals surface area (Å²) in [4.78, 5) is 15.9. The minimum absolute atomic E-state index is 0.0809. The van der Waals surface area contributed by atoms with Crippen molar-refractivity contribution in [2.24, 2.45) is 0 Å². The Balaban J connectivity index is 2.36. The molecule has 0 saturated carbocycles. The molecule has 1 saturated heterocycles. The number of hydrogen-bond donors (Lipinski definition) is 0. The van der Waals surface area contributed by atoms with Crippen molar-refractivity contribution in [3.8, 4) is 0 Å². The first kappa shape index (κ1) is 12.5. The Morgan fingerprint density at radius 2 is 2.07 bits per heavy atom. The smallest absolute Gasteiger partial charge is 0.240 e. The second-order valence-electron chi connectivity index (χ2n) is 3.79. The fourth-order valence-corrected chi connectivity index (χ4v) is 1.84. The standard InChI is InChI=1S/C11H19ClN2O/c1-3-5-13-6-8-14(9-7-13)11(15)10(12)4-2/h3,10H,1,4-9H2,2H3. The van der Waals surface area contributed by atoms with Gasteiger partial charge < -0.3 is 4.90 Å². The fourth-order valence-electron chi connectivity index (χ4n) is 1.71. The summed E-state index contributed by atoms with van der Waals surface area (Å²) in [7, 11) is 0. The highest BCUT2D eigenvalue weighted by atomic mass is 35.5. The largest absolute Gasteiger partial charge is 0.339 e. The fraction of sp³-hybridized carbons (Fsp3) is 0.727. The monoisotopic (exact) mass is 230 g/mol. The SMILES string of the molecule is C=CCN1CCN(C(=O)C(Cl)CC)CC1. The number of alkyl halides is 1. The highest BCUT2D eigenvalue weighted by molar-refractivity contribution is 6.30. The zero-order valence-corrected chi connectivity index (χ0v) is 10.0. The highest BCUT2D eigenvalue weighted by Gasteiger charge is 2.24. The molecule has 0 spiro atoms. The molecular weight excluding hydrogens is 212 g/mol. The molecule has 1 atom stereocenters. The number of halogens is 1. The Morgan fingerprint density at radius 3 is 2.53 bits per heavy atom. The molecule has 0 aliphatic carbocycles. The molecule has 1 aliphatic heterocycles. The van der Waals surface area contributed by atoms with Crippen LogP contribution in [0.25, 0.3) is 0 Å². The lowest BCUT2D eigenvalue weighted by Gasteiger charge is -2.34. The third kappa shape index (κ3) is 3.50. The molecular formula is C11H19ClN2O. The Bertz CT molecular complexity index is 225. The minimum Gasteiger partial charge on any atom is -0.339 e. The quantitative estimate of drug-likeness (QED) is 0.538. The van der Waals surface area contributed by atoms with Crippen LogP contribution in [-0.4, -0.2) is 53.8 Å². The lowest BCUT2D eigenvalue weighted by atomic mass is 10.2. The summed E-state index contributed by atoms with van der Waals surface area (Å²) in [5.74, 6) is 0.0809. The van der Waals surface area contributed by atoms with Crippen LogP contribution in [0.2, 0.25) is 0 Å². The van der Waals surface area contributed by atoms with Crippen molar-refractivity contribution in [3.05, 3.63) is 12.7 Å². The lowest BCUT2D eigenvalue weighted by Crippen LogP contribution is -2.50. The third-order valence-electron chi connectivity index (χ3n) is 2.70. The van der Waals surface area contributed by atoms with E-state index in [2.05, 4.69) is 11.5 Å². The van der Waals surface area contributed by atoms with Crippen LogP contribution in [0.5, 0.6) is 0 Å². The number of carbonyl (C=O) groups excluding carboxylic acids is 1. The molecule has 0 aromatic heterocycles. The van der Waals surface area contributed by atoms with Crippen LogP contribution in [0.3, 0.4) is 0 Å². The Morgan fingerprint density at radius 1 is 1.47 bits per heavy atom. The van der Waals surface area contributed by atoms with Crippen molar-refractivity contribution < 1.29 is 4.79 Å². The van der Waals surface area contributed by atoms with Gasteiger partial charge in [-0.1, -0.05) is 13.0 Å². The van der Waals surface area contributed by atoms with Crippen LogP contribution in [0.4, 0.5) is 0 Å². The van der Waals surface area contributed by atoms with Crippen LogP contribution in [0.15, 0.2) is 12.7 Å². The topological polar surface area (TPSA) is 23.6 Å². The second kappa shape index (κ2) is 6.13. The van der Waals surface area contributed by atoms with Crippen LogP contribution < -0.4 is 0 Å². The molecule has 0 N–H and O–H groups in total. The molecule has 0 aromatic rings. The first-order valence-corrected chi connectivity index (χ1v) is 5.88. The zero-order chi connectivity index (χ0) is 11.3. The maximum absolute atomic E-state index is 11.7.